The molecule has 0 N–H and O–H groups in total. The fourth-order valence-corrected chi connectivity index (χ4v) is 3.66. The molecule has 0 aliphatic rings. The monoisotopic (exact) mass is 487 g/mol. The summed E-state index contributed by atoms with van der Waals surface area (Å²) in [5.41, 5.74) is 2.04. The minimum Gasteiger partial charge on any atom is -0.748 e. The van der Waals surface area contributed by atoms with Crippen LogP contribution in [0.15, 0.2) is 42.5 Å². The van der Waals surface area contributed by atoms with Gasteiger partial charge in [-0.15, -0.1) is 0 Å². The summed E-state index contributed by atoms with van der Waals surface area (Å²) in [5.74, 6) is -1.29. The average molecular weight is 488 g/mol. The molecule has 0 spiro atoms. The minimum atomic E-state index is -4.49. The SMILES string of the molecule is COc1ccc2c(c1)c(CC(=O)OCCS(=O)(=O)[O-])c(C)n2C(=O)c1ccc(Cl)cc1.[Na+]. The normalized spacial score (nSPS) is 11.1. The van der Waals surface area contributed by atoms with Crippen LogP contribution >= 0.6 is 11.6 Å². The molecule has 0 bridgehead atoms. The van der Waals surface area contributed by atoms with E-state index in [2.05, 4.69) is 0 Å². The summed E-state index contributed by atoms with van der Waals surface area (Å²) >= 11 is 5.91. The second-order valence-electron chi connectivity index (χ2n) is 6.75. The maximum atomic E-state index is 13.2. The van der Waals surface area contributed by atoms with Crippen LogP contribution in [0.3, 0.4) is 0 Å². The molecule has 3 aromatic rings. The van der Waals surface area contributed by atoms with Crippen molar-refractivity contribution in [1.82, 2.24) is 4.57 Å². The summed E-state index contributed by atoms with van der Waals surface area (Å²) in [4.78, 5) is 25.5. The zero-order valence-electron chi connectivity index (χ0n) is 17.8. The molecule has 0 saturated heterocycles. The number of carbonyl (C=O) groups excluding carboxylic acids is 2. The predicted molar refractivity (Wildman–Crippen MR) is 114 cm³/mol. The predicted octanol–water partition coefficient (Wildman–Crippen LogP) is -0.0649. The Kier molecular flexibility index (Phi) is 8.92. The van der Waals surface area contributed by atoms with E-state index in [1.807, 2.05) is 0 Å². The summed E-state index contributed by atoms with van der Waals surface area (Å²) in [7, 11) is -2.99. The van der Waals surface area contributed by atoms with Crippen molar-refractivity contribution in [1.29, 1.82) is 0 Å². The maximum absolute atomic E-state index is 13.2. The molecule has 0 fully saturated rings. The number of hydrogen-bond donors (Lipinski definition) is 0. The van der Waals surface area contributed by atoms with Gasteiger partial charge in [0.1, 0.15) is 12.4 Å². The van der Waals surface area contributed by atoms with Crippen LogP contribution in [0.1, 0.15) is 21.6 Å². The summed E-state index contributed by atoms with van der Waals surface area (Å²) in [6.07, 6.45) is -0.213. The van der Waals surface area contributed by atoms with Crippen LogP contribution in [0.4, 0.5) is 0 Å². The Morgan fingerprint density at radius 2 is 1.78 bits per heavy atom. The number of fused-ring (bicyclic) bond motifs is 1. The van der Waals surface area contributed by atoms with E-state index in [1.54, 1.807) is 49.4 Å². The van der Waals surface area contributed by atoms with Gasteiger partial charge in [0.25, 0.3) is 5.91 Å². The van der Waals surface area contributed by atoms with Crippen LogP contribution in [0.5, 0.6) is 5.75 Å². The van der Waals surface area contributed by atoms with Crippen molar-refractivity contribution in [3.05, 3.63) is 64.3 Å². The van der Waals surface area contributed by atoms with Crippen molar-refractivity contribution in [3.8, 4) is 5.75 Å². The number of carbonyl (C=O) groups is 2. The number of aromatic nitrogens is 1. The fourth-order valence-electron chi connectivity index (χ4n) is 3.25. The van der Waals surface area contributed by atoms with Crippen molar-refractivity contribution < 1.29 is 61.6 Å². The van der Waals surface area contributed by atoms with Crippen LogP contribution in [0, 0.1) is 6.92 Å². The van der Waals surface area contributed by atoms with Crippen molar-refractivity contribution in [2.45, 2.75) is 13.3 Å². The second-order valence-corrected chi connectivity index (χ2v) is 8.71. The average Bonchev–Trinajstić information content (AvgIpc) is 2.98. The van der Waals surface area contributed by atoms with Gasteiger partial charge in [-0.25, -0.2) is 8.42 Å². The summed E-state index contributed by atoms with van der Waals surface area (Å²) < 4.78 is 43.7. The second kappa shape index (κ2) is 10.8. The van der Waals surface area contributed by atoms with Gasteiger partial charge in [-0.05, 0) is 55.0 Å². The molecule has 0 radical (unpaired) electrons. The van der Waals surface area contributed by atoms with Gasteiger partial charge in [-0.2, -0.15) is 0 Å². The number of nitrogens with zero attached hydrogens (tertiary/aromatic N) is 1. The van der Waals surface area contributed by atoms with E-state index in [4.69, 9.17) is 21.1 Å². The number of benzene rings is 2. The molecule has 0 atom stereocenters. The van der Waals surface area contributed by atoms with Crippen molar-refractivity contribution in [3.63, 3.8) is 0 Å². The molecular formula is C21H19ClNNaO7S. The van der Waals surface area contributed by atoms with Crippen LogP contribution < -0.4 is 34.3 Å². The van der Waals surface area contributed by atoms with Crippen molar-refractivity contribution in [2.75, 3.05) is 19.5 Å². The molecule has 1 aromatic heterocycles. The first-order chi connectivity index (χ1) is 14.6. The molecule has 32 heavy (non-hydrogen) atoms. The van der Waals surface area contributed by atoms with Gasteiger partial charge in [-0.3, -0.25) is 14.2 Å². The Balaban J connectivity index is 0.00000363. The zero-order chi connectivity index (χ0) is 22.8. The molecule has 3 rings (SSSR count). The fraction of sp³-hybridized carbons (Fsp3) is 0.238. The Bertz CT molecular complexity index is 1250. The molecule has 0 saturated carbocycles. The summed E-state index contributed by atoms with van der Waals surface area (Å²) in [6.45, 7) is 1.17. The van der Waals surface area contributed by atoms with Gasteiger partial charge in [0.15, 0.2) is 0 Å². The Labute approximate surface area is 212 Å². The number of esters is 1. The molecule has 2 aromatic carbocycles. The van der Waals surface area contributed by atoms with Gasteiger partial charge >= 0.3 is 35.5 Å². The Morgan fingerprint density at radius 3 is 2.38 bits per heavy atom. The molecule has 1 heterocycles. The first-order valence-electron chi connectivity index (χ1n) is 9.18. The van der Waals surface area contributed by atoms with E-state index in [0.717, 1.165) is 0 Å². The molecule has 164 valence electrons. The van der Waals surface area contributed by atoms with Gasteiger partial charge < -0.3 is 14.0 Å². The Morgan fingerprint density at radius 1 is 1.12 bits per heavy atom. The van der Waals surface area contributed by atoms with Gasteiger partial charge in [0.05, 0.1) is 34.9 Å². The zero-order valence-corrected chi connectivity index (χ0v) is 21.3. The molecule has 8 nitrogen and oxygen atoms in total. The molecule has 0 unspecified atom stereocenters. The van der Waals surface area contributed by atoms with Crippen LogP contribution in [0.2, 0.25) is 5.02 Å². The first-order valence-corrected chi connectivity index (χ1v) is 11.1. The standard InChI is InChI=1S/C21H20ClNO7S.Na/c1-13-17(12-20(24)30-9-10-31(26,27)28)18-11-16(29-2)7-8-19(18)23(13)21(25)14-3-5-15(22)6-4-14;/h3-8,11H,9-10,12H2,1-2H3,(H,26,27,28);/q;+1/p-1. The number of methoxy groups -OCH3 is 1. The molecule has 0 aliphatic heterocycles. The van der Waals surface area contributed by atoms with Crippen LogP contribution in [-0.2, 0) is 26.1 Å². The third-order valence-corrected chi connectivity index (χ3v) is 5.67. The molecule has 0 amide bonds. The first kappa shape index (κ1) is 26.4. The molecule has 0 aliphatic carbocycles. The number of halogens is 1. The Hall–Kier alpha value is -1.88. The van der Waals surface area contributed by atoms with E-state index in [-0.39, 0.29) is 41.9 Å². The van der Waals surface area contributed by atoms with Gasteiger partial charge in [0.2, 0.25) is 0 Å². The smallest absolute Gasteiger partial charge is 0.748 e. The third kappa shape index (κ3) is 6.12. The van der Waals surface area contributed by atoms with E-state index in [9.17, 15) is 22.6 Å². The van der Waals surface area contributed by atoms with Crippen molar-refractivity contribution in [2.24, 2.45) is 0 Å². The van der Waals surface area contributed by atoms with Gasteiger partial charge in [-0.1, -0.05) is 11.6 Å². The summed E-state index contributed by atoms with van der Waals surface area (Å²) in [5, 5.41) is 1.12. The molecular weight excluding hydrogens is 469 g/mol. The van der Waals surface area contributed by atoms with E-state index in [1.165, 1.54) is 11.7 Å². The van der Waals surface area contributed by atoms with Crippen LogP contribution in [0.25, 0.3) is 10.9 Å². The minimum absolute atomic E-state index is 0. The van der Waals surface area contributed by atoms with E-state index in [0.29, 0.717) is 38.5 Å². The topological polar surface area (TPSA) is 115 Å². The van der Waals surface area contributed by atoms with Crippen LogP contribution in [-0.4, -0.2) is 48.9 Å². The van der Waals surface area contributed by atoms with E-state index >= 15 is 0 Å². The summed E-state index contributed by atoms with van der Waals surface area (Å²) in [6, 6.07) is 11.6. The maximum Gasteiger partial charge on any atom is 1.00 e. The third-order valence-electron chi connectivity index (χ3n) is 4.75. The van der Waals surface area contributed by atoms with E-state index < -0.39 is 28.4 Å². The van der Waals surface area contributed by atoms with Crippen molar-refractivity contribution >= 4 is 44.5 Å². The largest absolute Gasteiger partial charge is 1.00 e. The van der Waals surface area contributed by atoms with Gasteiger partial charge in [0, 0.05) is 21.7 Å². The molecule has 11 heteroatoms. The number of hydrogen-bond acceptors (Lipinski definition) is 7. The quantitative estimate of drug-likeness (QED) is 0.260. The number of rotatable bonds is 7. The number of ether oxygens (including phenoxy) is 2.